The van der Waals surface area contributed by atoms with Crippen LogP contribution in [0, 0.1) is 6.92 Å². The highest BCUT2D eigenvalue weighted by Gasteiger charge is 2.08. The van der Waals surface area contributed by atoms with Crippen molar-refractivity contribution >= 4 is 5.91 Å². The van der Waals surface area contributed by atoms with Crippen LogP contribution in [0.25, 0.3) is 0 Å². The molecule has 1 amide bonds. The van der Waals surface area contributed by atoms with Gasteiger partial charge >= 0.3 is 0 Å². The van der Waals surface area contributed by atoms with Gasteiger partial charge in [-0.05, 0) is 25.5 Å². The second kappa shape index (κ2) is 6.20. The summed E-state index contributed by atoms with van der Waals surface area (Å²) in [6.07, 6.45) is 1.62. The van der Waals surface area contributed by atoms with Crippen molar-refractivity contribution in [2.24, 2.45) is 0 Å². The van der Waals surface area contributed by atoms with Gasteiger partial charge < -0.3 is 14.6 Å². The molecule has 17 heavy (non-hydrogen) atoms. The van der Waals surface area contributed by atoms with Gasteiger partial charge in [0.15, 0.2) is 0 Å². The number of aromatic nitrogens is 1. The summed E-state index contributed by atoms with van der Waals surface area (Å²) in [6.45, 7) is 4.17. The van der Waals surface area contributed by atoms with E-state index in [0.717, 1.165) is 5.56 Å². The van der Waals surface area contributed by atoms with Gasteiger partial charge in [0.2, 0.25) is 5.91 Å². The molecule has 1 atom stereocenters. The normalized spacial score (nSPS) is 12.2. The summed E-state index contributed by atoms with van der Waals surface area (Å²) >= 11 is 0. The molecule has 1 N–H and O–H groups in total. The maximum Gasteiger partial charge on any atom is 0.251 e. The first-order valence-electron chi connectivity index (χ1n) is 5.48. The molecule has 0 aliphatic rings. The fourth-order valence-corrected chi connectivity index (χ4v) is 1.50. The average molecular weight is 238 g/mol. The minimum absolute atomic E-state index is 0.0349. The Morgan fingerprint density at radius 2 is 2.29 bits per heavy atom. The summed E-state index contributed by atoms with van der Waals surface area (Å²) in [4.78, 5) is 23.2. The fraction of sp³-hybridized carbons (Fsp3) is 0.500. The second-order valence-electron chi connectivity index (χ2n) is 4.09. The number of carbonyl (C=O) groups is 1. The van der Waals surface area contributed by atoms with Gasteiger partial charge in [0.05, 0.1) is 6.61 Å². The lowest BCUT2D eigenvalue weighted by atomic mass is 10.3. The van der Waals surface area contributed by atoms with Crippen LogP contribution in [-0.4, -0.2) is 30.2 Å². The minimum atomic E-state index is -0.194. The van der Waals surface area contributed by atoms with Crippen LogP contribution in [0.3, 0.4) is 0 Å². The summed E-state index contributed by atoms with van der Waals surface area (Å²) in [5, 5.41) is 2.75. The third-order valence-corrected chi connectivity index (χ3v) is 2.29. The van der Waals surface area contributed by atoms with Crippen LogP contribution in [0.2, 0.25) is 0 Å². The summed E-state index contributed by atoms with van der Waals surface area (Å²) in [5.74, 6) is -0.194. The standard InChI is InChI=1S/C12H18N2O3/c1-9-4-5-14(12(16)6-9)7-11(15)13-10(2)8-17-3/h4-6,10H,7-8H2,1-3H3,(H,13,15). The van der Waals surface area contributed by atoms with Crippen molar-refractivity contribution in [1.29, 1.82) is 0 Å². The molecule has 1 unspecified atom stereocenters. The van der Waals surface area contributed by atoms with Crippen molar-refractivity contribution in [1.82, 2.24) is 9.88 Å². The smallest absolute Gasteiger partial charge is 0.251 e. The van der Waals surface area contributed by atoms with Gasteiger partial charge in [-0.25, -0.2) is 0 Å². The van der Waals surface area contributed by atoms with Gasteiger partial charge in [-0.3, -0.25) is 9.59 Å². The Morgan fingerprint density at radius 3 is 2.88 bits per heavy atom. The van der Waals surface area contributed by atoms with Crippen LogP contribution in [-0.2, 0) is 16.1 Å². The van der Waals surface area contributed by atoms with Crippen molar-refractivity contribution in [2.75, 3.05) is 13.7 Å². The molecule has 0 spiro atoms. The van der Waals surface area contributed by atoms with Gasteiger partial charge in [-0.2, -0.15) is 0 Å². The predicted molar refractivity (Wildman–Crippen MR) is 64.9 cm³/mol. The maximum atomic E-state index is 11.6. The van der Waals surface area contributed by atoms with Crippen molar-refractivity contribution in [3.8, 4) is 0 Å². The van der Waals surface area contributed by atoms with Crippen molar-refractivity contribution in [2.45, 2.75) is 26.4 Å². The predicted octanol–water partition coefficient (Wildman–Crippen LogP) is 0.308. The zero-order chi connectivity index (χ0) is 12.8. The Morgan fingerprint density at radius 1 is 1.59 bits per heavy atom. The van der Waals surface area contributed by atoms with E-state index < -0.39 is 0 Å². The zero-order valence-corrected chi connectivity index (χ0v) is 10.4. The largest absolute Gasteiger partial charge is 0.383 e. The lowest BCUT2D eigenvalue weighted by molar-refractivity contribution is -0.122. The van der Waals surface area contributed by atoms with Crippen LogP contribution in [0.4, 0.5) is 0 Å². The first-order chi connectivity index (χ1) is 8.02. The summed E-state index contributed by atoms with van der Waals surface area (Å²) in [5.41, 5.74) is 0.721. The van der Waals surface area contributed by atoms with E-state index in [1.807, 2.05) is 13.8 Å². The van der Waals surface area contributed by atoms with Crippen molar-refractivity contribution in [3.05, 3.63) is 34.2 Å². The van der Waals surface area contributed by atoms with Gasteiger partial charge in [-0.1, -0.05) is 0 Å². The lowest BCUT2D eigenvalue weighted by Gasteiger charge is -2.13. The molecule has 0 aliphatic carbocycles. The SMILES string of the molecule is COCC(C)NC(=O)Cn1ccc(C)cc1=O. The van der Waals surface area contributed by atoms with Gasteiger partial charge in [0.25, 0.3) is 5.56 Å². The van der Waals surface area contributed by atoms with Crippen LogP contribution in [0.5, 0.6) is 0 Å². The van der Waals surface area contributed by atoms with Crippen LogP contribution in [0.1, 0.15) is 12.5 Å². The minimum Gasteiger partial charge on any atom is -0.383 e. The molecule has 1 heterocycles. The molecule has 0 aromatic carbocycles. The van der Waals surface area contributed by atoms with E-state index in [1.165, 1.54) is 10.6 Å². The molecule has 5 nitrogen and oxygen atoms in total. The Balaban J connectivity index is 2.59. The van der Waals surface area contributed by atoms with E-state index in [1.54, 1.807) is 19.4 Å². The molecule has 0 bridgehead atoms. The third-order valence-electron chi connectivity index (χ3n) is 2.29. The van der Waals surface area contributed by atoms with E-state index in [4.69, 9.17) is 4.74 Å². The van der Waals surface area contributed by atoms with Crippen molar-refractivity contribution < 1.29 is 9.53 Å². The molecule has 1 rings (SSSR count). The second-order valence-corrected chi connectivity index (χ2v) is 4.09. The Hall–Kier alpha value is -1.62. The number of nitrogens with zero attached hydrogens (tertiary/aromatic N) is 1. The van der Waals surface area contributed by atoms with E-state index in [0.29, 0.717) is 6.61 Å². The highest BCUT2D eigenvalue weighted by Crippen LogP contribution is 1.91. The number of amides is 1. The number of rotatable bonds is 5. The van der Waals surface area contributed by atoms with Gasteiger partial charge in [-0.15, -0.1) is 0 Å². The Labute approximate surface area is 100 Å². The molecule has 1 aromatic rings. The van der Waals surface area contributed by atoms with Crippen LogP contribution < -0.4 is 10.9 Å². The number of ether oxygens (including phenoxy) is 1. The Bertz CT molecular complexity index is 440. The molecule has 5 heteroatoms. The summed E-state index contributed by atoms with van der Waals surface area (Å²) in [6, 6.07) is 3.24. The van der Waals surface area contributed by atoms with Gasteiger partial charge in [0.1, 0.15) is 6.54 Å². The highest BCUT2D eigenvalue weighted by atomic mass is 16.5. The number of nitrogens with one attached hydrogen (secondary N) is 1. The van der Waals surface area contributed by atoms with Crippen LogP contribution >= 0.6 is 0 Å². The number of hydrogen-bond acceptors (Lipinski definition) is 3. The first-order valence-corrected chi connectivity index (χ1v) is 5.48. The van der Waals surface area contributed by atoms with Crippen LogP contribution in [0.15, 0.2) is 23.1 Å². The quantitative estimate of drug-likeness (QED) is 0.803. The first kappa shape index (κ1) is 13.4. The zero-order valence-electron chi connectivity index (χ0n) is 10.4. The average Bonchev–Trinajstić information content (AvgIpc) is 2.22. The highest BCUT2D eigenvalue weighted by molar-refractivity contribution is 5.76. The number of aryl methyl sites for hydroxylation is 1. The fourth-order valence-electron chi connectivity index (χ4n) is 1.50. The molecule has 0 saturated heterocycles. The summed E-state index contributed by atoms with van der Waals surface area (Å²) in [7, 11) is 1.58. The molecule has 94 valence electrons. The molecule has 1 aromatic heterocycles. The van der Waals surface area contributed by atoms with E-state index in [9.17, 15) is 9.59 Å². The third kappa shape index (κ3) is 4.40. The molecule has 0 radical (unpaired) electrons. The van der Waals surface area contributed by atoms with E-state index >= 15 is 0 Å². The number of methoxy groups -OCH3 is 1. The monoisotopic (exact) mass is 238 g/mol. The van der Waals surface area contributed by atoms with E-state index in [-0.39, 0.29) is 24.1 Å². The van der Waals surface area contributed by atoms with Gasteiger partial charge in [0, 0.05) is 25.4 Å². The molecular formula is C12H18N2O3. The topological polar surface area (TPSA) is 60.3 Å². The number of pyridine rings is 1. The van der Waals surface area contributed by atoms with Crippen molar-refractivity contribution in [3.63, 3.8) is 0 Å². The molecule has 0 fully saturated rings. The molecular weight excluding hydrogens is 220 g/mol. The number of hydrogen-bond donors (Lipinski definition) is 1. The maximum absolute atomic E-state index is 11.6. The Kier molecular flexibility index (Phi) is 4.90. The number of carbonyl (C=O) groups excluding carboxylic acids is 1. The summed E-state index contributed by atoms with van der Waals surface area (Å²) < 4.78 is 6.29. The molecule has 0 saturated carbocycles. The lowest BCUT2D eigenvalue weighted by Crippen LogP contribution is -2.39. The van der Waals surface area contributed by atoms with E-state index in [2.05, 4.69) is 5.32 Å². The molecule has 0 aliphatic heterocycles.